The van der Waals surface area contributed by atoms with Gasteiger partial charge in [0.15, 0.2) is 0 Å². The highest BCUT2D eigenvalue weighted by atomic mass is 16.6. The highest BCUT2D eigenvalue weighted by Crippen LogP contribution is 2.19. The average Bonchev–Trinajstić information content (AvgIpc) is 2.89. The topological polar surface area (TPSA) is 146 Å². The van der Waals surface area contributed by atoms with E-state index in [1.54, 1.807) is 20.8 Å². The average molecular weight is 529 g/mol. The summed E-state index contributed by atoms with van der Waals surface area (Å²) in [6, 6.07) is -2.95. The van der Waals surface area contributed by atoms with E-state index in [2.05, 4.69) is 16.0 Å². The molecule has 3 unspecified atom stereocenters. The third-order valence-electron chi connectivity index (χ3n) is 6.07. The quantitative estimate of drug-likeness (QED) is 0.336. The van der Waals surface area contributed by atoms with Crippen molar-refractivity contribution in [2.45, 2.75) is 117 Å². The van der Waals surface area contributed by atoms with Crippen LogP contribution in [0.4, 0.5) is 9.59 Å². The van der Waals surface area contributed by atoms with E-state index in [4.69, 9.17) is 9.47 Å². The van der Waals surface area contributed by atoms with E-state index < -0.39 is 53.8 Å². The molecule has 11 nitrogen and oxygen atoms in total. The molecule has 0 aromatic rings. The fraction of sp³-hybridized carbons (Fsp3) is 0.846. The second-order valence-corrected chi connectivity index (χ2v) is 11.7. The SMILES string of the molecule is COC(=O)C(CC(C)C)NC(=O)N1CC(O)[C@@H](NC(=O)C(CC(C)C)NC(=O)OC(C)(C)C)CC[C@H]1C. The van der Waals surface area contributed by atoms with Gasteiger partial charge in [-0.3, -0.25) is 4.79 Å². The van der Waals surface area contributed by atoms with Gasteiger partial charge in [0.05, 0.1) is 25.8 Å². The molecular formula is C26H48N4O7. The summed E-state index contributed by atoms with van der Waals surface area (Å²) in [5.41, 5.74) is -0.706. The van der Waals surface area contributed by atoms with E-state index >= 15 is 0 Å². The first-order valence-electron chi connectivity index (χ1n) is 13.2. The van der Waals surface area contributed by atoms with Crippen molar-refractivity contribution < 1.29 is 33.8 Å². The van der Waals surface area contributed by atoms with Crippen LogP contribution in [0.1, 0.15) is 81.1 Å². The number of aliphatic hydroxyl groups excluding tert-OH is 1. The lowest BCUT2D eigenvalue weighted by molar-refractivity contribution is -0.143. The van der Waals surface area contributed by atoms with Crippen molar-refractivity contribution in [2.75, 3.05) is 13.7 Å². The molecule has 1 aliphatic rings. The third kappa shape index (κ3) is 11.6. The standard InChI is InChI=1S/C26H48N4O7/c1-15(2)12-19(29-25(35)37-26(6,7)8)22(32)27-18-11-10-17(5)30(14-21(18)31)24(34)28-20(13-16(3)4)23(33)36-9/h15-21,31H,10-14H2,1-9H3,(H,27,32)(H,28,34)(H,29,35)/t17-,18+,19?,20?,21?/m1/s1. The first-order valence-corrected chi connectivity index (χ1v) is 13.2. The Morgan fingerprint density at radius 3 is 2.05 bits per heavy atom. The van der Waals surface area contributed by atoms with Gasteiger partial charge in [-0.1, -0.05) is 27.7 Å². The van der Waals surface area contributed by atoms with Crippen molar-refractivity contribution in [3.63, 3.8) is 0 Å². The minimum atomic E-state index is -1.04. The van der Waals surface area contributed by atoms with Crippen LogP contribution >= 0.6 is 0 Å². The molecule has 4 amide bonds. The number of likely N-dealkylation sites (tertiary alicyclic amines) is 1. The number of rotatable bonds is 9. The van der Waals surface area contributed by atoms with Crippen LogP contribution < -0.4 is 16.0 Å². The fourth-order valence-corrected chi connectivity index (χ4v) is 4.22. The van der Waals surface area contributed by atoms with Gasteiger partial charge in [0.1, 0.15) is 17.7 Å². The number of methoxy groups -OCH3 is 1. The Balaban J connectivity index is 2.91. The first-order chi connectivity index (χ1) is 17.0. The molecule has 0 spiro atoms. The smallest absolute Gasteiger partial charge is 0.408 e. The summed E-state index contributed by atoms with van der Waals surface area (Å²) in [5, 5.41) is 19.2. The summed E-state index contributed by atoms with van der Waals surface area (Å²) >= 11 is 0. The molecule has 0 aromatic carbocycles. The Hall–Kier alpha value is -2.56. The van der Waals surface area contributed by atoms with Crippen molar-refractivity contribution >= 4 is 24.0 Å². The van der Waals surface area contributed by atoms with Gasteiger partial charge in [-0.15, -0.1) is 0 Å². The van der Waals surface area contributed by atoms with E-state index in [0.29, 0.717) is 25.7 Å². The molecule has 0 saturated carbocycles. The first kappa shape index (κ1) is 32.5. The van der Waals surface area contributed by atoms with Crippen LogP contribution in [0, 0.1) is 11.8 Å². The zero-order chi connectivity index (χ0) is 28.5. The number of alkyl carbamates (subject to hydrolysis) is 1. The van der Waals surface area contributed by atoms with Gasteiger partial charge >= 0.3 is 18.1 Å². The molecule has 1 heterocycles. The summed E-state index contributed by atoms with van der Waals surface area (Å²) in [4.78, 5) is 52.1. The number of urea groups is 1. The second kappa shape index (κ2) is 14.4. The van der Waals surface area contributed by atoms with E-state index in [9.17, 15) is 24.3 Å². The highest BCUT2D eigenvalue weighted by Gasteiger charge is 2.36. The summed E-state index contributed by atoms with van der Waals surface area (Å²) in [5.74, 6) is -0.664. The normalized spacial score (nSPS) is 22.1. The highest BCUT2D eigenvalue weighted by molar-refractivity contribution is 5.86. The zero-order valence-corrected chi connectivity index (χ0v) is 23.9. The van der Waals surface area contributed by atoms with E-state index in [1.807, 2.05) is 34.6 Å². The molecule has 1 aliphatic heterocycles. The molecule has 1 saturated heterocycles. The van der Waals surface area contributed by atoms with Crippen LogP contribution in [0.15, 0.2) is 0 Å². The molecule has 0 radical (unpaired) electrons. The lowest BCUT2D eigenvalue weighted by atomic mass is 10.0. The Labute approximate surface area is 221 Å². The van der Waals surface area contributed by atoms with Gasteiger partial charge in [-0.2, -0.15) is 0 Å². The van der Waals surface area contributed by atoms with Crippen molar-refractivity contribution in [1.82, 2.24) is 20.9 Å². The molecular weight excluding hydrogens is 480 g/mol. The van der Waals surface area contributed by atoms with Crippen molar-refractivity contribution in [2.24, 2.45) is 11.8 Å². The molecule has 0 aliphatic carbocycles. The number of hydrogen-bond donors (Lipinski definition) is 4. The van der Waals surface area contributed by atoms with Crippen LogP contribution in [0.2, 0.25) is 0 Å². The number of aliphatic hydroxyl groups is 1. The molecule has 1 rings (SSSR count). The molecule has 214 valence electrons. The minimum absolute atomic E-state index is 0.0259. The summed E-state index contributed by atoms with van der Waals surface area (Å²) < 4.78 is 10.1. The number of carbonyl (C=O) groups excluding carboxylic acids is 4. The Bertz CT molecular complexity index is 781. The summed E-state index contributed by atoms with van der Waals surface area (Å²) in [6.45, 7) is 14.8. The van der Waals surface area contributed by atoms with Gasteiger partial charge in [-0.25, -0.2) is 14.4 Å². The van der Waals surface area contributed by atoms with Gasteiger partial charge < -0.3 is 35.4 Å². The van der Waals surface area contributed by atoms with Crippen molar-refractivity contribution in [3.8, 4) is 0 Å². The Morgan fingerprint density at radius 2 is 1.54 bits per heavy atom. The minimum Gasteiger partial charge on any atom is -0.467 e. The molecule has 0 aromatic heterocycles. The maximum atomic E-state index is 13.1. The maximum absolute atomic E-state index is 13.1. The third-order valence-corrected chi connectivity index (χ3v) is 6.07. The lowest BCUT2D eigenvalue weighted by Crippen LogP contribution is -2.56. The number of hydrogen-bond acceptors (Lipinski definition) is 7. The second-order valence-electron chi connectivity index (χ2n) is 11.7. The molecule has 5 atom stereocenters. The predicted molar refractivity (Wildman–Crippen MR) is 140 cm³/mol. The predicted octanol–water partition coefficient (Wildman–Crippen LogP) is 2.55. The van der Waals surface area contributed by atoms with Crippen LogP contribution in [0.5, 0.6) is 0 Å². The van der Waals surface area contributed by atoms with E-state index in [0.717, 1.165) is 0 Å². The number of nitrogens with zero attached hydrogens (tertiary/aromatic N) is 1. The molecule has 4 N–H and O–H groups in total. The van der Waals surface area contributed by atoms with Crippen molar-refractivity contribution in [1.29, 1.82) is 0 Å². The number of carbonyl (C=O) groups is 4. The number of nitrogens with one attached hydrogen (secondary N) is 3. The zero-order valence-electron chi connectivity index (χ0n) is 23.9. The maximum Gasteiger partial charge on any atom is 0.408 e. The van der Waals surface area contributed by atoms with E-state index in [1.165, 1.54) is 12.0 Å². The van der Waals surface area contributed by atoms with Crippen LogP contribution in [-0.4, -0.2) is 83.5 Å². The van der Waals surface area contributed by atoms with E-state index in [-0.39, 0.29) is 24.4 Å². The lowest BCUT2D eigenvalue weighted by Gasteiger charge is -2.31. The van der Waals surface area contributed by atoms with Crippen LogP contribution in [0.3, 0.4) is 0 Å². The largest absolute Gasteiger partial charge is 0.467 e. The summed E-state index contributed by atoms with van der Waals surface area (Å²) in [6.07, 6.45) is 0.0465. The van der Waals surface area contributed by atoms with Gasteiger partial charge in [0, 0.05) is 6.04 Å². The monoisotopic (exact) mass is 528 g/mol. The number of esters is 1. The van der Waals surface area contributed by atoms with Crippen LogP contribution in [-0.2, 0) is 19.1 Å². The molecule has 1 fully saturated rings. The van der Waals surface area contributed by atoms with Crippen molar-refractivity contribution in [3.05, 3.63) is 0 Å². The van der Waals surface area contributed by atoms with Gasteiger partial charge in [0.2, 0.25) is 5.91 Å². The fourth-order valence-electron chi connectivity index (χ4n) is 4.22. The molecule has 11 heteroatoms. The Kier molecular flexibility index (Phi) is 12.6. The molecule has 0 bridgehead atoms. The summed E-state index contributed by atoms with van der Waals surface area (Å²) in [7, 11) is 1.28. The number of amides is 4. The van der Waals surface area contributed by atoms with Gasteiger partial charge in [-0.05, 0) is 65.2 Å². The number of ether oxygens (including phenoxy) is 2. The van der Waals surface area contributed by atoms with Gasteiger partial charge in [0.25, 0.3) is 0 Å². The number of β-amino-alcohol motifs (C(OH)–C–C–N with tert-alkyl or cyclic N) is 1. The Morgan fingerprint density at radius 1 is 0.973 bits per heavy atom. The molecule has 37 heavy (non-hydrogen) atoms. The van der Waals surface area contributed by atoms with Crippen LogP contribution in [0.25, 0.3) is 0 Å².